The van der Waals surface area contributed by atoms with Crippen LogP contribution < -0.4 is 0 Å². The number of H-pyrrole nitrogens is 1. The van der Waals surface area contributed by atoms with E-state index in [-0.39, 0.29) is 17.8 Å². The third-order valence-corrected chi connectivity index (χ3v) is 11.8. The summed E-state index contributed by atoms with van der Waals surface area (Å²) in [4.78, 5) is 9.05. The van der Waals surface area contributed by atoms with E-state index < -0.39 is 0 Å². The quantitative estimate of drug-likeness (QED) is 0.228. The maximum atomic E-state index is 7.01. The first-order valence-corrected chi connectivity index (χ1v) is 16.9. The smallest absolute Gasteiger partial charge is 0.109 e. The van der Waals surface area contributed by atoms with Gasteiger partial charge in [0, 0.05) is 49.2 Å². The Morgan fingerprint density at radius 3 is 2.26 bits per heavy atom. The van der Waals surface area contributed by atoms with E-state index in [0.29, 0.717) is 24.0 Å². The van der Waals surface area contributed by atoms with Gasteiger partial charge in [-0.05, 0) is 95.7 Å². The lowest BCUT2D eigenvalue weighted by atomic mass is 9.68. The summed E-state index contributed by atoms with van der Waals surface area (Å²) in [6, 6.07) is 29.8. The van der Waals surface area contributed by atoms with Gasteiger partial charge in [0.2, 0.25) is 0 Å². The van der Waals surface area contributed by atoms with E-state index in [1.165, 1.54) is 46.0 Å². The Labute approximate surface area is 263 Å². The Morgan fingerprint density at radius 1 is 0.930 bits per heavy atom. The summed E-state index contributed by atoms with van der Waals surface area (Å²) >= 11 is 3.83. The molecule has 5 atom stereocenters. The number of ether oxygens (including phenoxy) is 2. The Balaban J connectivity index is 1.01. The van der Waals surface area contributed by atoms with Crippen LogP contribution in [-0.2, 0) is 21.5 Å². The zero-order valence-corrected chi connectivity index (χ0v) is 26.8. The van der Waals surface area contributed by atoms with Gasteiger partial charge in [-0.1, -0.05) is 72.8 Å². The van der Waals surface area contributed by atoms with E-state index in [1.54, 1.807) is 0 Å². The van der Waals surface area contributed by atoms with Crippen molar-refractivity contribution in [1.82, 2.24) is 14.8 Å². The molecule has 224 valence electrons. The number of fused-ring (bicyclic) bond motifs is 4. The van der Waals surface area contributed by atoms with Gasteiger partial charge in [-0.3, -0.25) is 9.80 Å². The molecule has 4 aliphatic rings. The van der Waals surface area contributed by atoms with Crippen molar-refractivity contribution in [2.45, 2.75) is 74.5 Å². The number of piperidine rings is 2. The van der Waals surface area contributed by atoms with Gasteiger partial charge in [0.15, 0.2) is 0 Å². The molecule has 0 saturated carbocycles. The van der Waals surface area contributed by atoms with Gasteiger partial charge in [-0.2, -0.15) is 0 Å². The molecular formula is C37H42BrN3O2. The molecule has 3 aromatic carbocycles. The topological polar surface area (TPSA) is 40.7 Å². The lowest BCUT2D eigenvalue weighted by molar-refractivity contribution is -0.132. The summed E-state index contributed by atoms with van der Waals surface area (Å²) in [5.41, 5.74) is 6.17. The van der Waals surface area contributed by atoms with E-state index >= 15 is 0 Å². The van der Waals surface area contributed by atoms with E-state index in [0.717, 1.165) is 43.4 Å². The second kappa shape index (κ2) is 11.1. The number of halogens is 1. The largest absolute Gasteiger partial charge is 0.372 e. The van der Waals surface area contributed by atoms with Crippen molar-refractivity contribution in [2.75, 3.05) is 27.2 Å². The average Bonchev–Trinajstić information content (AvgIpc) is 3.47. The van der Waals surface area contributed by atoms with Gasteiger partial charge in [-0.25, -0.2) is 0 Å². The Bertz CT molecular complexity index is 1540. The molecule has 3 aliphatic heterocycles. The van der Waals surface area contributed by atoms with Gasteiger partial charge >= 0.3 is 0 Å². The third-order valence-electron chi connectivity index (χ3n) is 11.1. The fourth-order valence-corrected chi connectivity index (χ4v) is 9.91. The molecule has 0 spiro atoms. The van der Waals surface area contributed by atoms with Gasteiger partial charge in [0.1, 0.15) is 11.7 Å². The minimum Gasteiger partial charge on any atom is -0.372 e. The van der Waals surface area contributed by atoms with Crippen LogP contribution in [0.15, 0.2) is 83.5 Å². The zero-order valence-electron chi connectivity index (χ0n) is 25.2. The summed E-state index contributed by atoms with van der Waals surface area (Å²) in [6.07, 6.45) is 7.15. The first-order valence-electron chi connectivity index (χ1n) is 16.1. The summed E-state index contributed by atoms with van der Waals surface area (Å²) in [5.74, 6) is 0.558. The predicted molar refractivity (Wildman–Crippen MR) is 175 cm³/mol. The second-order valence-corrected chi connectivity index (χ2v) is 14.3. The van der Waals surface area contributed by atoms with Crippen molar-refractivity contribution in [3.8, 4) is 0 Å². The molecule has 3 fully saturated rings. The van der Waals surface area contributed by atoms with Crippen molar-refractivity contribution in [3.63, 3.8) is 0 Å². The Kier molecular flexibility index (Phi) is 7.27. The normalized spacial score (nSPS) is 30.7. The van der Waals surface area contributed by atoms with Crippen LogP contribution in [0.1, 0.15) is 60.5 Å². The lowest BCUT2D eigenvalue weighted by Crippen LogP contribution is -2.61. The van der Waals surface area contributed by atoms with Crippen molar-refractivity contribution in [1.29, 1.82) is 0 Å². The highest BCUT2D eigenvalue weighted by molar-refractivity contribution is 9.10. The van der Waals surface area contributed by atoms with Gasteiger partial charge < -0.3 is 14.5 Å². The van der Waals surface area contributed by atoms with Gasteiger partial charge in [0.25, 0.3) is 0 Å². The van der Waals surface area contributed by atoms with E-state index in [9.17, 15) is 0 Å². The number of hydrogen-bond donors (Lipinski definition) is 1. The number of nitrogens with one attached hydrogen (secondary N) is 1. The average molecular weight is 641 g/mol. The van der Waals surface area contributed by atoms with Crippen molar-refractivity contribution in [2.24, 2.45) is 5.92 Å². The molecular weight excluding hydrogens is 598 g/mol. The molecule has 4 aromatic rings. The molecule has 43 heavy (non-hydrogen) atoms. The van der Waals surface area contributed by atoms with Crippen LogP contribution in [0, 0.1) is 5.92 Å². The molecule has 3 saturated heterocycles. The molecule has 6 heteroatoms. The summed E-state index contributed by atoms with van der Waals surface area (Å²) in [6.45, 7) is 2.26. The number of aromatic nitrogens is 1. The number of likely N-dealkylation sites (tertiary alicyclic amines) is 1. The van der Waals surface area contributed by atoms with Crippen molar-refractivity contribution < 1.29 is 9.47 Å². The first kappa shape index (κ1) is 28.0. The maximum absolute atomic E-state index is 7.01. The highest BCUT2D eigenvalue weighted by Gasteiger charge is 2.53. The third kappa shape index (κ3) is 4.72. The molecule has 1 aromatic heterocycles. The van der Waals surface area contributed by atoms with E-state index in [2.05, 4.69) is 117 Å². The molecule has 2 unspecified atom stereocenters. The van der Waals surface area contributed by atoms with Crippen LogP contribution in [-0.4, -0.2) is 66.3 Å². The van der Waals surface area contributed by atoms with Crippen molar-refractivity contribution in [3.05, 3.63) is 106 Å². The molecule has 5 nitrogen and oxygen atoms in total. The number of rotatable bonds is 7. The number of likely N-dealkylation sites (N-methyl/N-ethyl adjacent to an activating group) is 1. The predicted octanol–water partition coefficient (Wildman–Crippen LogP) is 7.45. The SMILES string of the molecule is CO[C@]12C[C@H](CN3C4CCC3CC(OC(c3ccccc3)c3ccccc3)C4)CN(C)[C@@H]1Cc1c(Br)[nH]c3cccc2c13. The zero-order chi connectivity index (χ0) is 29.1. The summed E-state index contributed by atoms with van der Waals surface area (Å²) in [7, 11) is 4.26. The number of aromatic amines is 1. The van der Waals surface area contributed by atoms with Crippen LogP contribution >= 0.6 is 15.9 Å². The molecule has 8 rings (SSSR count). The lowest BCUT2D eigenvalue weighted by Gasteiger charge is -2.54. The maximum Gasteiger partial charge on any atom is 0.109 e. The minimum atomic E-state index is -0.287. The molecule has 1 aliphatic carbocycles. The number of methoxy groups -OCH3 is 1. The molecule has 0 radical (unpaired) electrons. The molecule has 0 amide bonds. The fourth-order valence-electron chi connectivity index (χ4n) is 9.33. The number of nitrogens with zero attached hydrogens (tertiary/aromatic N) is 2. The highest BCUT2D eigenvalue weighted by atomic mass is 79.9. The number of benzene rings is 3. The Hall–Kier alpha value is -2.48. The highest BCUT2D eigenvalue weighted by Crippen LogP contribution is 2.51. The van der Waals surface area contributed by atoms with Crippen molar-refractivity contribution >= 4 is 26.8 Å². The molecule has 4 heterocycles. The molecule has 1 N–H and O–H groups in total. The van der Waals surface area contributed by atoms with E-state index in [1.807, 2.05) is 7.11 Å². The standard InChI is InChI=1S/C37H42BrN3O2/c1-40-22-24(21-37(42-2)31-14-9-15-32-34(31)30(20-33(37)40)36(38)39-32)23-41-27-16-17-28(41)19-29(18-27)43-35(25-10-5-3-6-11-25)26-12-7-4-8-13-26/h3-15,24,27-29,33,35,39H,16-23H2,1-2H3/t24-,27?,28?,29?,33+,37-/m0/s1. The second-order valence-electron chi connectivity index (χ2n) is 13.5. The van der Waals surface area contributed by atoms with Gasteiger partial charge in [-0.15, -0.1) is 0 Å². The summed E-state index contributed by atoms with van der Waals surface area (Å²) < 4.78 is 14.8. The van der Waals surface area contributed by atoms with Gasteiger partial charge in [0.05, 0.1) is 10.7 Å². The summed E-state index contributed by atoms with van der Waals surface area (Å²) in [5, 5.41) is 1.37. The first-order chi connectivity index (χ1) is 21.0. The fraction of sp³-hybridized carbons (Fsp3) is 0.459. The molecule has 2 bridgehead atoms. The van der Waals surface area contributed by atoms with Crippen LogP contribution in [0.5, 0.6) is 0 Å². The monoisotopic (exact) mass is 639 g/mol. The Morgan fingerprint density at radius 2 is 1.60 bits per heavy atom. The number of hydrogen-bond acceptors (Lipinski definition) is 4. The van der Waals surface area contributed by atoms with E-state index in [4.69, 9.17) is 9.47 Å². The minimum absolute atomic E-state index is 0.0174. The van der Waals surface area contributed by atoms with Crippen LogP contribution in [0.25, 0.3) is 10.9 Å². The van der Waals surface area contributed by atoms with Crippen LogP contribution in [0.3, 0.4) is 0 Å². The van der Waals surface area contributed by atoms with Crippen LogP contribution in [0.2, 0.25) is 0 Å². The van der Waals surface area contributed by atoms with Crippen LogP contribution in [0.4, 0.5) is 0 Å².